The summed E-state index contributed by atoms with van der Waals surface area (Å²) in [5.74, 6) is -1.42. The van der Waals surface area contributed by atoms with Crippen LogP contribution in [0.25, 0.3) is 0 Å². The highest BCUT2D eigenvalue weighted by Crippen LogP contribution is 2.09. The van der Waals surface area contributed by atoms with Crippen LogP contribution in [0.2, 0.25) is 0 Å². The zero-order valence-corrected chi connectivity index (χ0v) is 10.4. The molecule has 8 nitrogen and oxygen atoms in total. The number of amides is 1. The molecule has 2 N–H and O–H groups in total. The molecule has 1 atom stereocenters. The predicted octanol–water partition coefficient (Wildman–Crippen LogP) is 0.514. The van der Waals surface area contributed by atoms with Gasteiger partial charge in [0.25, 0.3) is 5.91 Å². The number of anilines is 1. The minimum Gasteiger partial charge on any atom is -0.480 e. The van der Waals surface area contributed by atoms with Gasteiger partial charge in [-0.05, 0) is 13.0 Å². The Balaban J connectivity index is 2.10. The lowest BCUT2D eigenvalue weighted by atomic mass is 10.3. The number of rotatable bonds is 4. The maximum atomic E-state index is 11.9. The van der Waals surface area contributed by atoms with Crippen molar-refractivity contribution in [3.63, 3.8) is 0 Å². The first-order valence-corrected chi connectivity index (χ1v) is 5.55. The van der Waals surface area contributed by atoms with Gasteiger partial charge >= 0.3 is 5.97 Å². The normalized spacial score (nSPS) is 12.1. The molecule has 0 spiro atoms. The molecule has 2 aromatic heterocycles. The van der Waals surface area contributed by atoms with Crippen molar-refractivity contribution < 1.29 is 14.7 Å². The van der Waals surface area contributed by atoms with Gasteiger partial charge < -0.3 is 10.4 Å². The van der Waals surface area contributed by atoms with E-state index in [9.17, 15) is 9.59 Å². The van der Waals surface area contributed by atoms with Crippen LogP contribution in [0.15, 0.2) is 24.7 Å². The van der Waals surface area contributed by atoms with E-state index in [2.05, 4.69) is 15.5 Å². The lowest BCUT2D eigenvalue weighted by Gasteiger charge is -2.05. The van der Waals surface area contributed by atoms with Crippen molar-refractivity contribution in [2.75, 3.05) is 5.32 Å². The molecule has 2 heterocycles. The molecule has 19 heavy (non-hydrogen) atoms. The Morgan fingerprint density at radius 2 is 2.21 bits per heavy atom. The van der Waals surface area contributed by atoms with Crippen LogP contribution in [0.3, 0.4) is 0 Å². The largest absolute Gasteiger partial charge is 0.480 e. The molecule has 0 aliphatic rings. The third kappa shape index (κ3) is 2.79. The molecule has 1 amide bonds. The number of hydrogen-bond acceptors (Lipinski definition) is 4. The summed E-state index contributed by atoms with van der Waals surface area (Å²) in [4.78, 5) is 22.7. The average molecular weight is 263 g/mol. The second kappa shape index (κ2) is 4.92. The molecular weight excluding hydrogens is 250 g/mol. The Morgan fingerprint density at radius 3 is 2.79 bits per heavy atom. The molecule has 100 valence electrons. The number of carbonyl (C=O) groups excluding carboxylic acids is 1. The van der Waals surface area contributed by atoms with Gasteiger partial charge in [0, 0.05) is 19.4 Å². The van der Waals surface area contributed by atoms with Crippen LogP contribution in [0.4, 0.5) is 5.69 Å². The van der Waals surface area contributed by atoms with Gasteiger partial charge in [0.15, 0.2) is 5.69 Å². The standard InChI is InChI=1S/C11H13N5O3/c1-7(11(18)19)16-4-3-9(14-16)10(17)13-8-5-12-15(2)6-8/h3-7H,1-2H3,(H,13,17)(H,18,19). The van der Waals surface area contributed by atoms with Crippen LogP contribution >= 0.6 is 0 Å². The zero-order chi connectivity index (χ0) is 14.0. The predicted molar refractivity (Wildman–Crippen MR) is 65.7 cm³/mol. The highest BCUT2D eigenvalue weighted by atomic mass is 16.4. The number of aromatic nitrogens is 4. The maximum absolute atomic E-state index is 11.9. The number of nitrogens with zero attached hydrogens (tertiary/aromatic N) is 4. The lowest BCUT2D eigenvalue weighted by Crippen LogP contribution is -2.18. The zero-order valence-electron chi connectivity index (χ0n) is 10.4. The Morgan fingerprint density at radius 1 is 1.47 bits per heavy atom. The Bertz CT molecular complexity index is 615. The summed E-state index contributed by atoms with van der Waals surface area (Å²) in [6.07, 6.45) is 4.61. The summed E-state index contributed by atoms with van der Waals surface area (Å²) in [6.45, 7) is 1.48. The highest BCUT2D eigenvalue weighted by molar-refractivity contribution is 6.02. The molecular formula is C11H13N5O3. The number of carbonyl (C=O) groups is 2. The van der Waals surface area contributed by atoms with E-state index in [0.717, 1.165) is 0 Å². The van der Waals surface area contributed by atoms with Crippen LogP contribution in [-0.4, -0.2) is 36.5 Å². The van der Waals surface area contributed by atoms with E-state index in [1.54, 1.807) is 17.9 Å². The summed E-state index contributed by atoms with van der Waals surface area (Å²) in [5, 5.41) is 19.3. The fourth-order valence-corrected chi connectivity index (χ4v) is 1.47. The Kier molecular flexibility index (Phi) is 3.32. The molecule has 0 fully saturated rings. The number of carboxylic acid groups (broad SMARTS) is 1. The number of nitrogens with one attached hydrogen (secondary N) is 1. The van der Waals surface area contributed by atoms with Gasteiger partial charge in [0.1, 0.15) is 6.04 Å². The SMILES string of the molecule is CC(C(=O)O)n1ccc(C(=O)Nc2cnn(C)c2)n1. The lowest BCUT2D eigenvalue weighted by molar-refractivity contribution is -0.140. The Labute approximate surface area is 108 Å². The van der Waals surface area contributed by atoms with E-state index in [0.29, 0.717) is 5.69 Å². The van der Waals surface area contributed by atoms with Gasteiger partial charge in [-0.15, -0.1) is 0 Å². The second-order valence-electron chi connectivity index (χ2n) is 4.05. The molecule has 0 aliphatic heterocycles. The number of hydrogen-bond donors (Lipinski definition) is 2. The molecule has 1 unspecified atom stereocenters. The molecule has 8 heteroatoms. The molecule has 2 aromatic rings. The van der Waals surface area contributed by atoms with Gasteiger partial charge in [0.05, 0.1) is 11.9 Å². The van der Waals surface area contributed by atoms with Crippen molar-refractivity contribution in [2.45, 2.75) is 13.0 Å². The summed E-state index contributed by atoms with van der Waals surface area (Å²) in [6, 6.07) is 0.644. The number of aryl methyl sites for hydroxylation is 1. The van der Waals surface area contributed by atoms with Gasteiger partial charge in [-0.1, -0.05) is 0 Å². The number of aliphatic carboxylic acids is 1. The van der Waals surface area contributed by atoms with Crippen LogP contribution in [0, 0.1) is 0 Å². The molecule has 0 bridgehead atoms. The third-order valence-electron chi connectivity index (χ3n) is 2.56. The Hall–Kier alpha value is -2.64. The fraction of sp³-hybridized carbons (Fsp3) is 0.273. The van der Waals surface area contributed by atoms with Crippen LogP contribution in [0.1, 0.15) is 23.5 Å². The molecule has 0 aliphatic carbocycles. The van der Waals surface area contributed by atoms with Crippen molar-refractivity contribution in [3.05, 3.63) is 30.4 Å². The van der Waals surface area contributed by atoms with E-state index < -0.39 is 17.9 Å². The molecule has 0 saturated heterocycles. The smallest absolute Gasteiger partial charge is 0.328 e. The molecule has 0 radical (unpaired) electrons. The monoisotopic (exact) mass is 263 g/mol. The fourth-order valence-electron chi connectivity index (χ4n) is 1.47. The van der Waals surface area contributed by atoms with Gasteiger partial charge in [0.2, 0.25) is 0 Å². The van der Waals surface area contributed by atoms with Crippen molar-refractivity contribution in [1.29, 1.82) is 0 Å². The highest BCUT2D eigenvalue weighted by Gasteiger charge is 2.17. The van der Waals surface area contributed by atoms with Gasteiger partial charge in [-0.2, -0.15) is 10.2 Å². The summed E-state index contributed by atoms with van der Waals surface area (Å²) >= 11 is 0. The first-order chi connectivity index (χ1) is 8.97. The third-order valence-corrected chi connectivity index (χ3v) is 2.56. The topological polar surface area (TPSA) is 102 Å². The molecule has 0 saturated carbocycles. The maximum Gasteiger partial charge on any atom is 0.328 e. The average Bonchev–Trinajstić information content (AvgIpc) is 2.97. The number of carboxylic acids is 1. The van der Waals surface area contributed by atoms with E-state index in [-0.39, 0.29) is 5.69 Å². The quantitative estimate of drug-likeness (QED) is 0.837. The van der Waals surface area contributed by atoms with Crippen molar-refractivity contribution in [3.8, 4) is 0 Å². The summed E-state index contributed by atoms with van der Waals surface area (Å²) in [5.41, 5.74) is 0.699. The van der Waals surface area contributed by atoms with Crippen LogP contribution in [0.5, 0.6) is 0 Å². The van der Waals surface area contributed by atoms with Crippen molar-refractivity contribution >= 4 is 17.6 Å². The minimum atomic E-state index is -1.01. The first kappa shape index (κ1) is 12.8. The van der Waals surface area contributed by atoms with Gasteiger partial charge in [-0.25, -0.2) is 4.79 Å². The summed E-state index contributed by atoms with van der Waals surface area (Å²) in [7, 11) is 1.74. The summed E-state index contributed by atoms with van der Waals surface area (Å²) < 4.78 is 2.78. The molecule has 2 rings (SSSR count). The molecule has 0 aromatic carbocycles. The second-order valence-corrected chi connectivity index (χ2v) is 4.05. The van der Waals surface area contributed by atoms with E-state index in [1.165, 1.54) is 30.1 Å². The van der Waals surface area contributed by atoms with Gasteiger partial charge in [-0.3, -0.25) is 14.2 Å². The van der Waals surface area contributed by atoms with Crippen molar-refractivity contribution in [2.24, 2.45) is 7.05 Å². The first-order valence-electron chi connectivity index (χ1n) is 5.55. The van der Waals surface area contributed by atoms with E-state index in [1.807, 2.05) is 0 Å². The van der Waals surface area contributed by atoms with E-state index in [4.69, 9.17) is 5.11 Å². The van der Waals surface area contributed by atoms with Crippen LogP contribution in [-0.2, 0) is 11.8 Å². The minimum absolute atomic E-state index is 0.150. The van der Waals surface area contributed by atoms with E-state index >= 15 is 0 Å². The van der Waals surface area contributed by atoms with Crippen LogP contribution < -0.4 is 5.32 Å². The van der Waals surface area contributed by atoms with Crippen molar-refractivity contribution in [1.82, 2.24) is 19.6 Å².